The largest absolute Gasteiger partial charge is 0.467 e. The Morgan fingerprint density at radius 3 is 2.70 bits per heavy atom. The third-order valence-electron chi connectivity index (χ3n) is 3.14. The van der Waals surface area contributed by atoms with Crippen molar-refractivity contribution in [2.45, 2.75) is 13.0 Å². The Morgan fingerprint density at radius 1 is 1.35 bits per heavy atom. The number of hydrogen-bond acceptors (Lipinski definition) is 3. The minimum absolute atomic E-state index is 0.348. The monoisotopic (exact) mass is 278 g/mol. The highest BCUT2D eigenvalue weighted by molar-refractivity contribution is 6.00. The third kappa shape index (κ3) is 2.49. The molecule has 1 aromatic carbocycles. The number of fused-ring (bicyclic) bond motifs is 1. The van der Waals surface area contributed by atoms with Gasteiger partial charge in [0.2, 0.25) is 0 Å². The highest BCUT2D eigenvalue weighted by Gasteiger charge is 2.19. The molecule has 0 aliphatic heterocycles. The van der Waals surface area contributed by atoms with Crippen molar-refractivity contribution in [3.05, 3.63) is 35.8 Å². The second kappa shape index (κ2) is 5.32. The Kier molecular flexibility index (Phi) is 3.74. The van der Waals surface area contributed by atoms with Crippen molar-refractivity contribution in [3.8, 4) is 0 Å². The molecule has 5 nitrogen and oxygen atoms in total. The first-order valence-electron chi connectivity index (χ1n) is 6.07. The van der Waals surface area contributed by atoms with E-state index < -0.39 is 17.9 Å². The van der Waals surface area contributed by atoms with Crippen molar-refractivity contribution in [1.29, 1.82) is 0 Å². The number of rotatable bonds is 3. The minimum atomic E-state index is -0.748. The summed E-state index contributed by atoms with van der Waals surface area (Å²) in [5, 5.41) is 3.16. The van der Waals surface area contributed by atoms with Crippen molar-refractivity contribution in [3.63, 3.8) is 0 Å². The highest BCUT2D eigenvalue weighted by Crippen LogP contribution is 2.19. The van der Waals surface area contributed by atoms with Crippen LogP contribution in [-0.2, 0) is 16.6 Å². The van der Waals surface area contributed by atoms with Crippen LogP contribution in [0.15, 0.2) is 24.3 Å². The molecule has 1 N–H and O–H groups in total. The average molecular weight is 278 g/mol. The first kappa shape index (κ1) is 14.0. The fraction of sp³-hybridized carbons (Fsp3) is 0.286. The SMILES string of the molecule is COC(=O)C(C)NC(=O)c1cc2cc(F)ccc2n1C. The van der Waals surface area contributed by atoms with Crippen molar-refractivity contribution in [2.75, 3.05) is 7.11 Å². The third-order valence-corrected chi connectivity index (χ3v) is 3.14. The van der Waals surface area contributed by atoms with Gasteiger partial charge in [0.05, 0.1) is 7.11 Å². The van der Waals surface area contributed by atoms with Crippen molar-refractivity contribution < 1.29 is 18.7 Å². The Morgan fingerprint density at radius 2 is 2.05 bits per heavy atom. The number of carbonyl (C=O) groups is 2. The summed E-state index contributed by atoms with van der Waals surface area (Å²) in [4.78, 5) is 23.4. The lowest BCUT2D eigenvalue weighted by atomic mass is 10.2. The Bertz CT molecular complexity index is 678. The summed E-state index contributed by atoms with van der Waals surface area (Å²) in [6, 6.07) is 5.13. The number of nitrogens with zero attached hydrogens (tertiary/aromatic N) is 1. The number of benzene rings is 1. The van der Waals surface area contributed by atoms with Gasteiger partial charge >= 0.3 is 5.97 Å². The maximum absolute atomic E-state index is 13.2. The lowest BCUT2D eigenvalue weighted by Gasteiger charge is -2.11. The van der Waals surface area contributed by atoms with Gasteiger partial charge in [-0.3, -0.25) is 4.79 Å². The fourth-order valence-corrected chi connectivity index (χ4v) is 2.04. The number of ether oxygens (including phenoxy) is 1. The number of aromatic nitrogens is 1. The van der Waals surface area contributed by atoms with Gasteiger partial charge in [-0.05, 0) is 31.2 Å². The van der Waals surface area contributed by atoms with E-state index in [1.54, 1.807) is 23.7 Å². The lowest BCUT2D eigenvalue weighted by Crippen LogP contribution is -2.39. The van der Waals surface area contributed by atoms with Gasteiger partial charge < -0.3 is 14.6 Å². The normalized spacial score (nSPS) is 12.2. The molecule has 2 aromatic rings. The van der Waals surface area contributed by atoms with Gasteiger partial charge in [-0.1, -0.05) is 0 Å². The van der Waals surface area contributed by atoms with Gasteiger partial charge in [-0.15, -0.1) is 0 Å². The minimum Gasteiger partial charge on any atom is -0.467 e. The molecule has 0 aliphatic rings. The first-order valence-corrected chi connectivity index (χ1v) is 6.07. The van der Waals surface area contributed by atoms with Crippen LogP contribution >= 0.6 is 0 Å². The predicted molar refractivity (Wildman–Crippen MR) is 71.8 cm³/mol. The summed E-state index contributed by atoms with van der Waals surface area (Å²) < 4.78 is 19.4. The average Bonchev–Trinajstić information content (AvgIpc) is 2.74. The molecule has 106 valence electrons. The first-order chi connectivity index (χ1) is 9.43. The molecular formula is C14H15FN2O3. The lowest BCUT2D eigenvalue weighted by molar-refractivity contribution is -0.142. The summed E-state index contributed by atoms with van der Waals surface area (Å²) in [5.74, 6) is -1.30. The summed E-state index contributed by atoms with van der Waals surface area (Å²) >= 11 is 0. The van der Waals surface area contributed by atoms with Gasteiger partial charge in [0, 0.05) is 18.0 Å². The molecule has 2 rings (SSSR count). The Balaban J connectivity index is 2.31. The number of methoxy groups -OCH3 is 1. The van der Waals surface area contributed by atoms with Crippen molar-refractivity contribution >= 4 is 22.8 Å². The standard InChI is InChI=1S/C14H15FN2O3/c1-8(14(19)20-3)16-13(18)12-7-9-6-10(15)4-5-11(9)17(12)2/h4-8H,1-3H3,(H,16,18). The van der Waals surface area contributed by atoms with E-state index in [2.05, 4.69) is 10.1 Å². The zero-order valence-electron chi connectivity index (χ0n) is 11.4. The molecule has 1 unspecified atom stereocenters. The number of hydrogen-bond donors (Lipinski definition) is 1. The molecule has 6 heteroatoms. The molecule has 1 amide bonds. The van der Waals surface area contributed by atoms with Crippen LogP contribution in [0.3, 0.4) is 0 Å². The number of halogens is 1. The summed E-state index contributed by atoms with van der Waals surface area (Å²) in [6.07, 6.45) is 0. The molecule has 1 heterocycles. The van der Waals surface area contributed by atoms with Crippen LogP contribution in [0.2, 0.25) is 0 Å². The van der Waals surface area contributed by atoms with Gasteiger partial charge in [-0.2, -0.15) is 0 Å². The zero-order chi connectivity index (χ0) is 14.9. The van der Waals surface area contributed by atoms with E-state index in [1.807, 2.05) is 0 Å². The predicted octanol–water partition coefficient (Wildman–Crippen LogP) is 1.61. The smallest absolute Gasteiger partial charge is 0.328 e. The van der Waals surface area contributed by atoms with Crippen LogP contribution in [0.25, 0.3) is 10.9 Å². The van der Waals surface area contributed by atoms with E-state index in [4.69, 9.17) is 0 Å². The maximum Gasteiger partial charge on any atom is 0.328 e. The maximum atomic E-state index is 13.2. The van der Waals surface area contributed by atoms with E-state index in [-0.39, 0.29) is 5.82 Å². The van der Waals surface area contributed by atoms with Crippen molar-refractivity contribution in [1.82, 2.24) is 9.88 Å². The molecular weight excluding hydrogens is 263 g/mol. The highest BCUT2D eigenvalue weighted by atomic mass is 19.1. The van der Waals surface area contributed by atoms with Crippen LogP contribution in [0.1, 0.15) is 17.4 Å². The number of aryl methyl sites for hydroxylation is 1. The van der Waals surface area contributed by atoms with E-state index in [9.17, 15) is 14.0 Å². The second-order valence-corrected chi connectivity index (χ2v) is 4.51. The fourth-order valence-electron chi connectivity index (χ4n) is 2.04. The van der Waals surface area contributed by atoms with Crippen LogP contribution in [0, 0.1) is 5.82 Å². The molecule has 1 atom stereocenters. The van der Waals surface area contributed by atoms with E-state index in [1.165, 1.54) is 26.2 Å². The molecule has 0 bridgehead atoms. The molecule has 0 radical (unpaired) electrons. The Hall–Kier alpha value is -2.37. The van der Waals surface area contributed by atoms with E-state index >= 15 is 0 Å². The van der Waals surface area contributed by atoms with E-state index in [0.29, 0.717) is 11.1 Å². The molecule has 0 saturated carbocycles. The number of esters is 1. The Labute approximate surface area is 115 Å². The van der Waals surface area contributed by atoms with E-state index in [0.717, 1.165) is 5.52 Å². The summed E-state index contributed by atoms with van der Waals surface area (Å²) in [5.41, 5.74) is 1.09. The van der Waals surface area contributed by atoms with Gasteiger partial charge in [-0.25, -0.2) is 9.18 Å². The van der Waals surface area contributed by atoms with Crippen LogP contribution in [0.4, 0.5) is 4.39 Å². The number of amides is 1. The van der Waals surface area contributed by atoms with Crippen molar-refractivity contribution in [2.24, 2.45) is 7.05 Å². The topological polar surface area (TPSA) is 60.3 Å². The number of carbonyl (C=O) groups excluding carboxylic acids is 2. The van der Waals surface area contributed by atoms with Gasteiger partial charge in [0.15, 0.2) is 0 Å². The zero-order valence-corrected chi connectivity index (χ0v) is 11.4. The van der Waals surface area contributed by atoms with Gasteiger partial charge in [0.25, 0.3) is 5.91 Å². The summed E-state index contributed by atoms with van der Waals surface area (Å²) in [6.45, 7) is 1.53. The number of nitrogens with one attached hydrogen (secondary N) is 1. The summed E-state index contributed by atoms with van der Waals surface area (Å²) in [7, 11) is 2.96. The second-order valence-electron chi connectivity index (χ2n) is 4.51. The van der Waals surface area contributed by atoms with Crippen LogP contribution < -0.4 is 5.32 Å². The molecule has 0 spiro atoms. The van der Waals surface area contributed by atoms with Crippen LogP contribution in [0.5, 0.6) is 0 Å². The molecule has 1 aromatic heterocycles. The molecule has 20 heavy (non-hydrogen) atoms. The molecule has 0 aliphatic carbocycles. The molecule has 0 saturated heterocycles. The molecule has 0 fully saturated rings. The quantitative estimate of drug-likeness (QED) is 0.868. The van der Waals surface area contributed by atoms with Gasteiger partial charge in [0.1, 0.15) is 17.6 Å². The van der Waals surface area contributed by atoms with Crippen LogP contribution in [-0.4, -0.2) is 29.6 Å².